The van der Waals surface area contributed by atoms with Gasteiger partial charge < -0.3 is 20.4 Å². The summed E-state index contributed by atoms with van der Waals surface area (Å²) in [6.07, 6.45) is 0. The molecule has 1 heterocycles. The highest BCUT2D eigenvalue weighted by Gasteiger charge is 2.23. The van der Waals surface area contributed by atoms with Gasteiger partial charge in [0.2, 0.25) is 5.91 Å². The molecular formula is C22H25ClN4O2S. The van der Waals surface area contributed by atoms with E-state index in [-0.39, 0.29) is 22.8 Å². The van der Waals surface area contributed by atoms with Crippen LogP contribution in [0.5, 0.6) is 0 Å². The second kappa shape index (κ2) is 9.91. The van der Waals surface area contributed by atoms with E-state index in [2.05, 4.69) is 15.5 Å². The molecule has 0 spiro atoms. The summed E-state index contributed by atoms with van der Waals surface area (Å²) in [5, 5.41) is 6.45. The first-order valence-corrected chi connectivity index (χ1v) is 10.6. The molecule has 158 valence electrons. The number of thiocarbonyl (C=S) groups is 1. The third-order valence-corrected chi connectivity index (χ3v) is 5.40. The van der Waals surface area contributed by atoms with Gasteiger partial charge >= 0.3 is 0 Å². The van der Waals surface area contributed by atoms with Gasteiger partial charge in [-0.2, -0.15) is 0 Å². The Morgan fingerprint density at radius 1 is 1.03 bits per heavy atom. The van der Waals surface area contributed by atoms with Crippen LogP contribution >= 0.6 is 23.8 Å². The predicted molar refractivity (Wildman–Crippen MR) is 125 cm³/mol. The Balaban J connectivity index is 1.58. The average Bonchev–Trinajstić information content (AvgIpc) is 2.74. The minimum atomic E-state index is -0.150. The van der Waals surface area contributed by atoms with Gasteiger partial charge in [-0.1, -0.05) is 43.6 Å². The molecule has 2 aromatic carbocycles. The topological polar surface area (TPSA) is 64.7 Å². The Hall–Kier alpha value is -2.64. The number of nitrogens with one attached hydrogen (secondary N) is 2. The van der Waals surface area contributed by atoms with Crippen molar-refractivity contribution in [3.05, 3.63) is 59.1 Å². The van der Waals surface area contributed by atoms with Crippen LogP contribution in [-0.2, 0) is 4.79 Å². The summed E-state index contributed by atoms with van der Waals surface area (Å²) in [6.45, 7) is 6.28. The minimum absolute atomic E-state index is 0.0536. The Morgan fingerprint density at radius 3 is 2.30 bits per heavy atom. The number of benzene rings is 2. The number of hydrogen-bond acceptors (Lipinski definition) is 4. The number of carbonyl (C=O) groups is 2. The lowest BCUT2D eigenvalue weighted by Crippen LogP contribution is -2.48. The number of halogens is 1. The maximum Gasteiger partial charge on any atom is 0.253 e. The van der Waals surface area contributed by atoms with Crippen molar-refractivity contribution >= 4 is 52.1 Å². The largest absolute Gasteiger partial charge is 0.367 e. The van der Waals surface area contributed by atoms with Crippen LogP contribution in [-0.4, -0.2) is 48.0 Å². The molecule has 6 nitrogen and oxygen atoms in total. The van der Waals surface area contributed by atoms with E-state index in [1.165, 1.54) is 0 Å². The molecule has 30 heavy (non-hydrogen) atoms. The van der Waals surface area contributed by atoms with Gasteiger partial charge in [-0.15, -0.1) is 0 Å². The van der Waals surface area contributed by atoms with Gasteiger partial charge in [-0.3, -0.25) is 9.59 Å². The van der Waals surface area contributed by atoms with Crippen LogP contribution in [0, 0.1) is 5.92 Å². The number of amides is 2. The summed E-state index contributed by atoms with van der Waals surface area (Å²) in [7, 11) is 0. The molecule has 2 aromatic rings. The van der Waals surface area contributed by atoms with Crippen molar-refractivity contribution in [3.8, 4) is 0 Å². The van der Waals surface area contributed by atoms with Crippen molar-refractivity contribution in [2.45, 2.75) is 13.8 Å². The fourth-order valence-corrected chi connectivity index (χ4v) is 3.69. The van der Waals surface area contributed by atoms with Crippen molar-refractivity contribution < 1.29 is 9.59 Å². The van der Waals surface area contributed by atoms with Crippen LogP contribution in [0.3, 0.4) is 0 Å². The molecule has 3 rings (SSSR count). The fraction of sp³-hybridized carbons (Fsp3) is 0.318. The molecule has 0 aliphatic carbocycles. The summed E-state index contributed by atoms with van der Waals surface area (Å²) in [5.41, 5.74) is 2.32. The zero-order chi connectivity index (χ0) is 21.7. The molecule has 0 unspecified atom stereocenters. The molecule has 2 amide bonds. The van der Waals surface area contributed by atoms with Crippen LogP contribution in [0.25, 0.3) is 0 Å². The second-order valence-electron chi connectivity index (χ2n) is 7.41. The van der Waals surface area contributed by atoms with Gasteiger partial charge in [0.25, 0.3) is 5.91 Å². The quantitative estimate of drug-likeness (QED) is 0.703. The van der Waals surface area contributed by atoms with Gasteiger partial charge in [-0.05, 0) is 42.5 Å². The molecule has 0 aromatic heterocycles. The molecule has 0 atom stereocenters. The Kier molecular flexibility index (Phi) is 7.29. The highest BCUT2D eigenvalue weighted by molar-refractivity contribution is 7.80. The number of rotatable bonds is 4. The summed E-state index contributed by atoms with van der Waals surface area (Å²) >= 11 is 11.7. The SMILES string of the molecule is CC(C)C(=O)NC(=S)Nc1ccc(N2CCN(C(=O)c3ccccc3)CC2)c(Cl)c1. The number of hydrogen-bond donors (Lipinski definition) is 2. The lowest BCUT2D eigenvalue weighted by Gasteiger charge is -2.36. The van der Waals surface area contributed by atoms with Crippen molar-refractivity contribution in [1.29, 1.82) is 0 Å². The molecule has 1 aliphatic rings. The maximum absolute atomic E-state index is 12.6. The summed E-state index contributed by atoms with van der Waals surface area (Å²) in [4.78, 5) is 28.4. The van der Waals surface area contributed by atoms with Crippen LogP contribution in [0.4, 0.5) is 11.4 Å². The predicted octanol–water partition coefficient (Wildman–Crippen LogP) is 3.77. The Bertz CT molecular complexity index is 928. The number of nitrogens with zero attached hydrogens (tertiary/aromatic N) is 2. The van der Waals surface area contributed by atoms with E-state index in [1.807, 2.05) is 47.4 Å². The van der Waals surface area contributed by atoms with E-state index >= 15 is 0 Å². The zero-order valence-electron chi connectivity index (χ0n) is 17.0. The maximum atomic E-state index is 12.6. The summed E-state index contributed by atoms with van der Waals surface area (Å²) in [5.74, 6) is -0.237. The van der Waals surface area contributed by atoms with Crippen LogP contribution in [0.1, 0.15) is 24.2 Å². The molecule has 2 N–H and O–H groups in total. The molecule has 0 saturated carbocycles. The van der Waals surface area contributed by atoms with Gasteiger partial charge in [-0.25, -0.2) is 0 Å². The van der Waals surface area contributed by atoms with Crippen molar-refractivity contribution in [2.24, 2.45) is 5.92 Å². The van der Waals surface area contributed by atoms with Crippen molar-refractivity contribution in [2.75, 3.05) is 36.4 Å². The highest BCUT2D eigenvalue weighted by atomic mass is 35.5. The molecule has 1 fully saturated rings. The zero-order valence-corrected chi connectivity index (χ0v) is 18.6. The monoisotopic (exact) mass is 444 g/mol. The van der Waals surface area contributed by atoms with Gasteiger partial charge in [0.1, 0.15) is 0 Å². The second-order valence-corrected chi connectivity index (χ2v) is 8.22. The van der Waals surface area contributed by atoms with Gasteiger partial charge in [0.05, 0.1) is 10.7 Å². The highest BCUT2D eigenvalue weighted by Crippen LogP contribution is 2.30. The van der Waals surface area contributed by atoms with Crippen LogP contribution in [0.2, 0.25) is 5.02 Å². The van der Waals surface area contributed by atoms with Crippen molar-refractivity contribution in [3.63, 3.8) is 0 Å². The van der Waals surface area contributed by atoms with E-state index in [0.29, 0.717) is 42.5 Å². The fourth-order valence-electron chi connectivity index (χ4n) is 3.17. The first-order valence-electron chi connectivity index (χ1n) is 9.86. The molecular weight excluding hydrogens is 420 g/mol. The standard InChI is InChI=1S/C22H25ClN4O2S/c1-15(2)20(28)25-22(30)24-17-8-9-19(18(23)14-17)26-10-12-27(13-11-26)21(29)16-6-4-3-5-7-16/h3-9,14-15H,10-13H2,1-2H3,(H2,24,25,28,30). The Labute approximate surface area is 187 Å². The average molecular weight is 445 g/mol. The first-order chi connectivity index (χ1) is 14.3. The molecule has 1 saturated heterocycles. The van der Waals surface area contributed by atoms with Crippen LogP contribution in [0.15, 0.2) is 48.5 Å². The van der Waals surface area contributed by atoms with E-state index in [1.54, 1.807) is 19.9 Å². The summed E-state index contributed by atoms with van der Waals surface area (Å²) in [6, 6.07) is 14.9. The third kappa shape index (κ3) is 5.49. The van der Waals surface area contributed by atoms with Crippen molar-refractivity contribution in [1.82, 2.24) is 10.2 Å². The molecule has 0 radical (unpaired) electrons. The van der Waals surface area contributed by atoms with E-state index in [0.717, 1.165) is 5.69 Å². The number of carbonyl (C=O) groups excluding carboxylic acids is 2. The molecule has 0 bridgehead atoms. The third-order valence-electron chi connectivity index (χ3n) is 4.89. The van der Waals surface area contributed by atoms with Crippen LogP contribution < -0.4 is 15.5 Å². The van der Waals surface area contributed by atoms with E-state index in [4.69, 9.17) is 23.8 Å². The van der Waals surface area contributed by atoms with Gasteiger partial charge in [0.15, 0.2) is 5.11 Å². The van der Waals surface area contributed by atoms with E-state index in [9.17, 15) is 9.59 Å². The lowest BCUT2D eigenvalue weighted by molar-refractivity contribution is -0.122. The number of anilines is 2. The normalized spacial score (nSPS) is 13.9. The summed E-state index contributed by atoms with van der Waals surface area (Å²) < 4.78 is 0. The number of piperazine rings is 1. The van der Waals surface area contributed by atoms with Gasteiger partial charge in [0, 0.05) is 43.3 Å². The first kappa shape index (κ1) is 22.1. The van der Waals surface area contributed by atoms with E-state index < -0.39 is 0 Å². The smallest absolute Gasteiger partial charge is 0.253 e. The molecule has 1 aliphatic heterocycles. The molecule has 8 heteroatoms. The minimum Gasteiger partial charge on any atom is -0.367 e. The lowest BCUT2D eigenvalue weighted by atomic mass is 10.1. The Morgan fingerprint density at radius 2 is 1.70 bits per heavy atom.